The van der Waals surface area contributed by atoms with E-state index in [9.17, 15) is 23.2 Å². The van der Waals surface area contributed by atoms with Crippen LogP contribution in [-0.4, -0.2) is 88.3 Å². The maximum absolute atomic E-state index is 13.7. The van der Waals surface area contributed by atoms with E-state index in [1.165, 1.54) is 24.1 Å². The maximum Gasteiger partial charge on any atom is 0.272 e. The van der Waals surface area contributed by atoms with Gasteiger partial charge in [0, 0.05) is 36.2 Å². The van der Waals surface area contributed by atoms with Crippen molar-refractivity contribution in [3.05, 3.63) is 41.7 Å². The zero-order chi connectivity index (χ0) is 32.8. The number of carbonyl (C=O) groups is 3. The summed E-state index contributed by atoms with van der Waals surface area (Å²) in [5, 5.41) is 10.00. The van der Waals surface area contributed by atoms with E-state index in [4.69, 9.17) is 14.2 Å². The van der Waals surface area contributed by atoms with Crippen molar-refractivity contribution in [3.63, 3.8) is 0 Å². The molecule has 1 aliphatic rings. The Kier molecular flexibility index (Phi) is 10.8. The van der Waals surface area contributed by atoms with Crippen LogP contribution in [-0.2, 0) is 16.1 Å². The first-order valence-electron chi connectivity index (χ1n) is 14.9. The van der Waals surface area contributed by atoms with Gasteiger partial charge in [0.05, 0.1) is 25.3 Å². The van der Waals surface area contributed by atoms with Crippen molar-refractivity contribution in [2.45, 2.75) is 84.7 Å². The molecule has 14 heteroatoms. The van der Waals surface area contributed by atoms with Crippen LogP contribution in [0.5, 0.6) is 17.4 Å². The summed E-state index contributed by atoms with van der Waals surface area (Å²) in [4.78, 5) is 45.7. The number of aromatic nitrogens is 3. The van der Waals surface area contributed by atoms with Crippen LogP contribution >= 0.6 is 0 Å². The Bertz CT molecular complexity index is 1530. The quantitative estimate of drug-likeness (QED) is 0.293. The minimum Gasteiger partial charge on any atom is -0.496 e. The number of fused-ring (bicyclic) bond motifs is 1. The van der Waals surface area contributed by atoms with Gasteiger partial charge in [-0.15, -0.1) is 0 Å². The molecule has 2 N–H and O–H groups in total. The fraction of sp³-hybridized carbons (Fsp3) is 0.516. The van der Waals surface area contributed by atoms with E-state index in [0.29, 0.717) is 41.2 Å². The second-order valence-corrected chi connectivity index (χ2v) is 11.2. The molecule has 2 aromatic heterocycles. The number of alkyl halides is 2. The zero-order valence-corrected chi connectivity index (χ0v) is 26.3. The lowest BCUT2D eigenvalue weighted by Crippen LogP contribution is -2.52. The van der Waals surface area contributed by atoms with E-state index in [1.807, 2.05) is 39.8 Å². The van der Waals surface area contributed by atoms with Crippen LogP contribution in [0, 0.1) is 6.92 Å². The summed E-state index contributed by atoms with van der Waals surface area (Å²) in [5.41, 5.74) is 1.33. The van der Waals surface area contributed by atoms with Crippen molar-refractivity contribution in [2.75, 3.05) is 20.2 Å². The second-order valence-electron chi connectivity index (χ2n) is 11.2. The Morgan fingerprint density at radius 2 is 1.89 bits per heavy atom. The molecule has 1 aliphatic heterocycles. The number of nitrogens with zero attached hydrogens (tertiary/aromatic N) is 4. The molecule has 0 bridgehead atoms. The Morgan fingerprint density at radius 1 is 1.13 bits per heavy atom. The molecule has 4 rings (SSSR count). The number of methoxy groups -OCH3 is 1. The molecule has 0 saturated carbocycles. The number of ether oxygens (including phenoxy) is 3. The lowest BCUT2D eigenvalue weighted by Gasteiger charge is -2.26. The largest absolute Gasteiger partial charge is 0.496 e. The summed E-state index contributed by atoms with van der Waals surface area (Å²) in [6, 6.07) is 4.76. The number of aryl methyl sites for hydroxylation is 1. The topological polar surface area (TPSA) is 137 Å². The first kappa shape index (κ1) is 33.4. The zero-order valence-electron chi connectivity index (χ0n) is 26.3. The smallest absolute Gasteiger partial charge is 0.272 e. The van der Waals surface area contributed by atoms with Crippen LogP contribution in [0.3, 0.4) is 0 Å². The monoisotopic (exact) mass is 630 g/mol. The van der Waals surface area contributed by atoms with Crippen molar-refractivity contribution in [2.24, 2.45) is 0 Å². The highest BCUT2D eigenvalue weighted by molar-refractivity contribution is 5.97. The van der Waals surface area contributed by atoms with Crippen LogP contribution in [0.2, 0.25) is 0 Å². The molecule has 0 aliphatic carbocycles. The first-order chi connectivity index (χ1) is 21.4. The van der Waals surface area contributed by atoms with Crippen LogP contribution in [0.1, 0.15) is 56.6 Å². The van der Waals surface area contributed by atoms with Crippen molar-refractivity contribution in [3.8, 4) is 17.4 Å². The van der Waals surface area contributed by atoms with Gasteiger partial charge in [0.1, 0.15) is 41.9 Å². The number of halogens is 2. The highest BCUT2D eigenvalue weighted by Crippen LogP contribution is 2.36. The summed E-state index contributed by atoms with van der Waals surface area (Å²) in [5.74, 6) is -0.0282. The van der Waals surface area contributed by atoms with Crippen LogP contribution in [0.15, 0.2) is 30.5 Å². The van der Waals surface area contributed by atoms with Gasteiger partial charge in [0.25, 0.3) is 12.3 Å². The van der Waals surface area contributed by atoms with E-state index in [0.717, 1.165) is 10.2 Å². The van der Waals surface area contributed by atoms with Gasteiger partial charge in [-0.3, -0.25) is 19.1 Å². The third-order valence-electron chi connectivity index (χ3n) is 7.31. The predicted molar refractivity (Wildman–Crippen MR) is 162 cm³/mol. The summed E-state index contributed by atoms with van der Waals surface area (Å²) < 4.78 is 44.2. The molecule has 1 fully saturated rings. The Hall–Kier alpha value is -4.49. The number of amides is 3. The highest BCUT2D eigenvalue weighted by atomic mass is 19.3. The van der Waals surface area contributed by atoms with E-state index in [1.54, 1.807) is 13.2 Å². The highest BCUT2D eigenvalue weighted by Gasteiger charge is 2.42. The molecule has 45 heavy (non-hydrogen) atoms. The molecule has 3 amide bonds. The minimum absolute atomic E-state index is 0.0750. The van der Waals surface area contributed by atoms with Crippen molar-refractivity contribution >= 4 is 28.6 Å². The first-order valence-corrected chi connectivity index (χ1v) is 14.9. The van der Waals surface area contributed by atoms with E-state index >= 15 is 0 Å². The average molecular weight is 631 g/mol. The number of hydrogen-bond acceptors (Lipinski definition) is 8. The van der Waals surface area contributed by atoms with Crippen molar-refractivity contribution in [1.29, 1.82) is 0 Å². The minimum atomic E-state index is -2.63. The molecule has 1 aromatic carbocycles. The maximum atomic E-state index is 13.7. The number of pyridine rings is 1. The Labute approximate surface area is 260 Å². The Balaban J connectivity index is 1.57. The van der Waals surface area contributed by atoms with E-state index < -0.39 is 43.0 Å². The van der Waals surface area contributed by atoms with Crippen molar-refractivity contribution in [1.82, 2.24) is 30.3 Å². The second kappa shape index (κ2) is 14.5. The SMILES string of the molecule is CCCNC(=O)[C@@H]1C[C@@H](Oc2cc(OC(C)C)nc3c(C)c(OC)ccc23)CN1C(=O)[C@H](C)NC(=O)c1ccn(CC(F)F)n1. The third-order valence-corrected chi connectivity index (χ3v) is 7.31. The third kappa shape index (κ3) is 7.97. The lowest BCUT2D eigenvalue weighted by atomic mass is 10.1. The molecule has 3 atom stereocenters. The number of carbonyl (C=O) groups excluding carboxylic acids is 3. The van der Waals surface area contributed by atoms with Gasteiger partial charge >= 0.3 is 0 Å². The summed E-state index contributed by atoms with van der Waals surface area (Å²) >= 11 is 0. The molecular formula is C31H40F2N6O6. The van der Waals surface area contributed by atoms with E-state index in [-0.39, 0.29) is 30.7 Å². The van der Waals surface area contributed by atoms with Gasteiger partial charge in [0.15, 0.2) is 0 Å². The Morgan fingerprint density at radius 3 is 2.56 bits per heavy atom. The van der Waals surface area contributed by atoms with Gasteiger partial charge < -0.3 is 29.7 Å². The van der Waals surface area contributed by atoms with Gasteiger partial charge in [-0.2, -0.15) is 5.10 Å². The molecule has 0 radical (unpaired) electrons. The fourth-order valence-corrected chi connectivity index (χ4v) is 5.20. The number of nitrogens with one attached hydrogen (secondary N) is 2. The summed E-state index contributed by atoms with van der Waals surface area (Å²) in [6.07, 6.45) is -1.16. The number of likely N-dealkylation sites (tertiary alicyclic amines) is 1. The molecule has 0 spiro atoms. The number of hydrogen-bond donors (Lipinski definition) is 2. The fourth-order valence-electron chi connectivity index (χ4n) is 5.20. The summed E-state index contributed by atoms with van der Waals surface area (Å²) in [7, 11) is 1.58. The van der Waals surface area contributed by atoms with Crippen LogP contribution < -0.4 is 24.8 Å². The molecule has 3 aromatic rings. The molecule has 1 saturated heterocycles. The molecular weight excluding hydrogens is 590 g/mol. The predicted octanol–water partition coefficient (Wildman–Crippen LogP) is 3.49. The number of benzene rings is 1. The standard InChI is InChI=1S/C31H40F2N6O6/c1-7-11-34-30(41)23-13-20(15-39(23)31(42)19(5)35-29(40)22-10-12-38(37-22)16-26(32)33)45-25-14-27(44-17(2)3)36-28-18(4)24(43-6)9-8-21(25)28/h8-10,12,14,17,19-20,23,26H,7,11,13,15-16H2,1-6H3,(H,34,41)(H,35,40)/t19-,20+,23-/m0/s1. The lowest BCUT2D eigenvalue weighted by molar-refractivity contribution is -0.139. The van der Waals surface area contributed by atoms with Crippen LogP contribution in [0.25, 0.3) is 10.9 Å². The van der Waals surface area contributed by atoms with Gasteiger partial charge in [0.2, 0.25) is 17.7 Å². The molecule has 12 nitrogen and oxygen atoms in total. The van der Waals surface area contributed by atoms with Gasteiger partial charge in [-0.1, -0.05) is 6.92 Å². The molecule has 0 unspecified atom stereocenters. The van der Waals surface area contributed by atoms with Gasteiger partial charge in [-0.25, -0.2) is 13.8 Å². The van der Waals surface area contributed by atoms with Crippen molar-refractivity contribution < 1.29 is 37.4 Å². The summed E-state index contributed by atoms with van der Waals surface area (Å²) in [6.45, 7) is 8.93. The number of rotatable bonds is 13. The van der Waals surface area contributed by atoms with E-state index in [2.05, 4.69) is 20.7 Å². The van der Waals surface area contributed by atoms with Crippen LogP contribution in [0.4, 0.5) is 8.78 Å². The average Bonchev–Trinajstić information content (AvgIpc) is 3.63. The normalized spacial score (nSPS) is 17.1. The molecule has 244 valence electrons. The molecule has 3 heterocycles. The van der Waals surface area contributed by atoms with Gasteiger partial charge in [-0.05, 0) is 52.3 Å².